The van der Waals surface area contributed by atoms with Crippen LogP contribution in [0.2, 0.25) is 5.02 Å². The number of amides is 1. The highest BCUT2D eigenvalue weighted by atomic mass is 35.5. The van der Waals surface area contributed by atoms with Crippen LogP contribution < -0.4 is 0 Å². The first-order valence-corrected chi connectivity index (χ1v) is 7.54. The molecular formula is C16H18ClNO3. The van der Waals surface area contributed by atoms with Crippen molar-refractivity contribution >= 4 is 23.5 Å². The van der Waals surface area contributed by atoms with Crippen LogP contribution in [-0.2, 0) is 15.0 Å². The summed E-state index contributed by atoms with van der Waals surface area (Å²) in [6.45, 7) is 2.52. The van der Waals surface area contributed by atoms with E-state index in [0.29, 0.717) is 24.5 Å². The molecule has 2 aliphatic rings. The van der Waals surface area contributed by atoms with E-state index in [4.69, 9.17) is 11.6 Å². The van der Waals surface area contributed by atoms with Gasteiger partial charge in [-0.15, -0.1) is 0 Å². The van der Waals surface area contributed by atoms with Crippen LogP contribution in [0, 0.1) is 5.41 Å². The van der Waals surface area contributed by atoms with Gasteiger partial charge in [0.1, 0.15) is 0 Å². The fourth-order valence-electron chi connectivity index (χ4n) is 3.15. The minimum absolute atomic E-state index is 0.0507. The Kier molecular flexibility index (Phi) is 3.24. The van der Waals surface area contributed by atoms with Gasteiger partial charge in [0.25, 0.3) is 0 Å². The molecule has 1 N–H and O–H groups in total. The van der Waals surface area contributed by atoms with Gasteiger partial charge in [0.15, 0.2) is 0 Å². The van der Waals surface area contributed by atoms with Crippen molar-refractivity contribution in [3.05, 3.63) is 34.9 Å². The van der Waals surface area contributed by atoms with Gasteiger partial charge in [-0.1, -0.05) is 23.7 Å². The Labute approximate surface area is 128 Å². The lowest BCUT2D eigenvalue weighted by molar-refractivity contribution is -0.147. The molecule has 0 unspecified atom stereocenters. The third kappa shape index (κ3) is 2.31. The zero-order valence-corrected chi connectivity index (χ0v) is 12.7. The molecule has 1 aromatic rings. The number of aliphatic carboxylic acids is 1. The minimum atomic E-state index is -0.828. The number of benzene rings is 1. The molecule has 2 fully saturated rings. The van der Waals surface area contributed by atoms with Crippen LogP contribution in [0.3, 0.4) is 0 Å². The second-order valence-electron chi connectivity index (χ2n) is 6.43. The number of halogens is 1. The Bertz CT molecular complexity index is 611. The maximum absolute atomic E-state index is 12.8. The van der Waals surface area contributed by atoms with Crippen LogP contribution in [0.1, 0.15) is 31.7 Å². The topological polar surface area (TPSA) is 57.6 Å². The summed E-state index contributed by atoms with van der Waals surface area (Å²) in [5.74, 6) is -0.778. The van der Waals surface area contributed by atoms with Gasteiger partial charge >= 0.3 is 5.97 Å². The molecule has 1 aliphatic carbocycles. The molecule has 0 bridgehead atoms. The molecule has 0 spiro atoms. The quantitative estimate of drug-likeness (QED) is 0.934. The highest BCUT2D eigenvalue weighted by Gasteiger charge is 2.55. The molecular weight excluding hydrogens is 290 g/mol. The van der Waals surface area contributed by atoms with E-state index in [0.717, 1.165) is 18.4 Å². The van der Waals surface area contributed by atoms with E-state index in [2.05, 4.69) is 0 Å². The number of carbonyl (C=O) groups is 2. The molecule has 1 heterocycles. The second kappa shape index (κ2) is 4.73. The number of rotatable bonds is 3. The SMILES string of the molecule is C[C@@]1(C(=O)O)CCN(C(=O)C2(c3cccc(Cl)c3)CC2)C1. The number of nitrogens with zero attached hydrogens (tertiary/aromatic N) is 1. The predicted octanol–water partition coefficient (Wildman–Crippen LogP) is 2.69. The maximum atomic E-state index is 12.8. The third-order valence-corrected chi connectivity index (χ3v) is 5.05. The van der Waals surface area contributed by atoms with Crippen LogP contribution in [0.15, 0.2) is 24.3 Å². The highest BCUT2D eigenvalue weighted by Crippen LogP contribution is 2.51. The summed E-state index contributed by atoms with van der Waals surface area (Å²) in [7, 11) is 0. The van der Waals surface area contributed by atoms with Crippen LogP contribution in [0.5, 0.6) is 0 Å². The van der Waals surface area contributed by atoms with Gasteiger partial charge in [-0.2, -0.15) is 0 Å². The molecule has 1 saturated heterocycles. The Morgan fingerprint density at radius 2 is 2.00 bits per heavy atom. The van der Waals surface area contributed by atoms with E-state index in [-0.39, 0.29) is 5.91 Å². The largest absolute Gasteiger partial charge is 0.481 e. The molecule has 5 heteroatoms. The number of likely N-dealkylation sites (tertiary alicyclic amines) is 1. The summed E-state index contributed by atoms with van der Waals surface area (Å²) in [6.07, 6.45) is 2.14. The van der Waals surface area contributed by atoms with Gasteiger partial charge in [-0.3, -0.25) is 9.59 Å². The number of carbonyl (C=O) groups excluding carboxylic acids is 1. The standard InChI is InChI=1S/C16H18ClNO3/c1-15(14(20)21)7-8-18(10-15)13(19)16(5-6-16)11-3-2-4-12(17)9-11/h2-4,9H,5-8,10H2,1H3,(H,20,21)/t15-/m1/s1. The van der Waals surface area contributed by atoms with E-state index in [1.54, 1.807) is 17.9 Å². The first kappa shape index (κ1) is 14.4. The zero-order valence-electron chi connectivity index (χ0n) is 11.9. The predicted molar refractivity (Wildman–Crippen MR) is 79.3 cm³/mol. The summed E-state index contributed by atoms with van der Waals surface area (Å²) >= 11 is 6.03. The van der Waals surface area contributed by atoms with E-state index in [1.807, 2.05) is 18.2 Å². The first-order valence-electron chi connectivity index (χ1n) is 7.16. The third-order valence-electron chi connectivity index (χ3n) is 4.81. The van der Waals surface area contributed by atoms with Crippen molar-refractivity contribution in [2.75, 3.05) is 13.1 Å². The summed E-state index contributed by atoms with van der Waals surface area (Å²) in [4.78, 5) is 25.9. The van der Waals surface area contributed by atoms with Crippen LogP contribution in [-0.4, -0.2) is 35.0 Å². The van der Waals surface area contributed by atoms with Crippen molar-refractivity contribution in [3.8, 4) is 0 Å². The molecule has 3 rings (SSSR count). The normalized spacial score (nSPS) is 26.7. The molecule has 0 aromatic heterocycles. The lowest BCUT2D eigenvalue weighted by atomic mass is 9.90. The summed E-state index contributed by atoms with van der Waals surface area (Å²) in [5, 5.41) is 9.92. The van der Waals surface area contributed by atoms with Crippen molar-refractivity contribution in [1.82, 2.24) is 4.90 Å². The molecule has 112 valence electrons. The summed E-state index contributed by atoms with van der Waals surface area (Å²) in [6, 6.07) is 7.43. The highest BCUT2D eigenvalue weighted by molar-refractivity contribution is 6.30. The average Bonchev–Trinajstić information content (AvgIpc) is 3.15. The van der Waals surface area contributed by atoms with Gasteiger partial charge in [-0.05, 0) is 43.9 Å². The minimum Gasteiger partial charge on any atom is -0.481 e. The Morgan fingerprint density at radius 3 is 2.52 bits per heavy atom. The van der Waals surface area contributed by atoms with E-state index >= 15 is 0 Å². The molecule has 1 aliphatic heterocycles. The van der Waals surface area contributed by atoms with Crippen molar-refractivity contribution in [3.63, 3.8) is 0 Å². The van der Waals surface area contributed by atoms with Crippen LogP contribution in [0.25, 0.3) is 0 Å². The monoisotopic (exact) mass is 307 g/mol. The van der Waals surface area contributed by atoms with Crippen LogP contribution in [0.4, 0.5) is 0 Å². The van der Waals surface area contributed by atoms with Gasteiger partial charge in [0, 0.05) is 18.1 Å². The molecule has 21 heavy (non-hydrogen) atoms. The first-order chi connectivity index (χ1) is 9.87. The number of carboxylic acid groups (broad SMARTS) is 1. The number of carboxylic acids is 1. The molecule has 1 aromatic carbocycles. The molecule has 1 atom stereocenters. The Hall–Kier alpha value is -1.55. The fourth-order valence-corrected chi connectivity index (χ4v) is 3.34. The Balaban J connectivity index is 1.82. The van der Waals surface area contributed by atoms with E-state index in [9.17, 15) is 14.7 Å². The number of hydrogen-bond donors (Lipinski definition) is 1. The maximum Gasteiger partial charge on any atom is 0.311 e. The van der Waals surface area contributed by atoms with Crippen LogP contribution >= 0.6 is 11.6 Å². The van der Waals surface area contributed by atoms with E-state index < -0.39 is 16.8 Å². The molecule has 0 radical (unpaired) electrons. The fraction of sp³-hybridized carbons (Fsp3) is 0.500. The van der Waals surface area contributed by atoms with Crippen molar-refractivity contribution < 1.29 is 14.7 Å². The zero-order chi connectivity index (χ0) is 15.3. The van der Waals surface area contributed by atoms with Crippen molar-refractivity contribution in [1.29, 1.82) is 0 Å². The second-order valence-corrected chi connectivity index (χ2v) is 6.87. The van der Waals surface area contributed by atoms with Gasteiger partial charge in [-0.25, -0.2) is 0 Å². The summed E-state index contributed by atoms with van der Waals surface area (Å²) in [5.41, 5.74) is -0.349. The molecule has 1 amide bonds. The molecule has 1 saturated carbocycles. The van der Waals surface area contributed by atoms with Crippen molar-refractivity contribution in [2.45, 2.75) is 31.6 Å². The van der Waals surface area contributed by atoms with Gasteiger partial charge in [0.05, 0.1) is 10.8 Å². The molecule has 4 nitrogen and oxygen atoms in total. The van der Waals surface area contributed by atoms with Crippen molar-refractivity contribution in [2.24, 2.45) is 5.41 Å². The Morgan fingerprint density at radius 1 is 1.29 bits per heavy atom. The lowest BCUT2D eigenvalue weighted by Crippen LogP contribution is -2.40. The lowest BCUT2D eigenvalue weighted by Gasteiger charge is -2.25. The van der Waals surface area contributed by atoms with E-state index in [1.165, 1.54) is 0 Å². The van der Waals surface area contributed by atoms with Gasteiger partial charge < -0.3 is 10.0 Å². The smallest absolute Gasteiger partial charge is 0.311 e. The average molecular weight is 308 g/mol. The van der Waals surface area contributed by atoms with Gasteiger partial charge in [0.2, 0.25) is 5.91 Å². The summed E-state index contributed by atoms with van der Waals surface area (Å²) < 4.78 is 0. The number of hydrogen-bond acceptors (Lipinski definition) is 2.